The summed E-state index contributed by atoms with van der Waals surface area (Å²) in [6.45, 7) is 13.8. The van der Waals surface area contributed by atoms with Crippen molar-refractivity contribution in [3.8, 4) is 0 Å². The zero-order valence-electron chi connectivity index (χ0n) is 13.8. The highest BCUT2D eigenvalue weighted by molar-refractivity contribution is 7.89. The summed E-state index contributed by atoms with van der Waals surface area (Å²) in [4.78, 5) is 0. The summed E-state index contributed by atoms with van der Waals surface area (Å²) in [6, 6.07) is 0. The van der Waals surface area contributed by atoms with Gasteiger partial charge in [0.1, 0.15) is 0 Å². The van der Waals surface area contributed by atoms with Crippen molar-refractivity contribution in [2.75, 3.05) is 31.9 Å². The fourth-order valence-electron chi connectivity index (χ4n) is 2.61. The number of hydrogen-bond donors (Lipinski definition) is 1. The Kier molecular flexibility index (Phi) is 6.48. The van der Waals surface area contributed by atoms with Crippen molar-refractivity contribution >= 4 is 10.0 Å². The van der Waals surface area contributed by atoms with Crippen LogP contribution in [0.2, 0.25) is 0 Å². The lowest BCUT2D eigenvalue weighted by Gasteiger charge is -2.33. The van der Waals surface area contributed by atoms with Gasteiger partial charge in [-0.2, -0.15) is 0 Å². The van der Waals surface area contributed by atoms with Crippen molar-refractivity contribution < 1.29 is 8.42 Å². The maximum absolute atomic E-state index is 12.3. The lowest BCUT2D eigenvalue weighted by molar-refractivity contribution is 0.263. The second kappa shape index (κ2) is 7.23. The molecule has 0 aromatic heterocycles. The van der Waals surface area contributed by atoms with Crippen LogP contribution < -0.4 is 5.32 Å². The van der Waals surface area contributed by atoms with Crippen LogP contribution in [0.15, 0.2) is 0 Å². The van der Waals surface area contributed by atoms with Gasteiger partial charge in [-0.15, -0.1) is 0 Å². The molecule has 0 bridgehead atoms. The Hall–Kier alpha value is -0.130. The molecule has 5 heteroatoms. The van der Waals surface area contributed by atoms with Crippen molar-refractivity contribution in [3.63, 3.8) is 0 Å². The van der Waals surface area contributed by atoms with Crippen molar-refractivity contribution in [1.82, 2.24) is 9.62 Å². The molecule has 0 aliphatic carbocycles. The highest BCUT2D eigenvalue weighted by Crippen LogP contribution is 2.23. The summed E-state index contributed by atoms with van der Waals surface area (Å²) in [6.07, 6.45) is 1.96. The number of nitrogens with zero attached hydrogens (tertiary/aromatic N) is 1. The Morgan fingerprint density at radius 3 is 2.20 bits per heavy atom. The number of rotatable bonds is 6. The Balaban J connectivity index is 2.38. The third kappa shape index (κ3) is 6.55. The van der Waals surface area contributed by atoms with Crippen LogP contribution in [0.4, 0.5) is 0 Å². The van der Waals surface area contributed by atoms with E-state index in [4.69, 9.17) is 0 Å². The molecular weight excluding hydrogens is 272 g/mol. The molecule has 1 N–H and O–H groups in total. The molecule has 1 rings (SSSR count). The minimum atomic E-state index is -3.09. The van der Waals surface area contributed by atoms with E-state index in [9.17, 15) is 8.42 Å². The molecule has 1 fully saturated rings. The van der Waals surface area contributed by atoms with Gasteiger partial charge in [0.15, 0.2) is 0 Å². The lowest BCUT2D eigenvalue weighted by Crippen LogP contribution is -2.43. The van der Waals surface area contributed by atoms with E-state index in [1.165, 1.54) is 0 Å². The van der Waals surface area contributed by atoms with Gasteiger partial charge < -0.3 is 5.32 Å². The second-order valence-electron chi connectivity index (χ2n) is 7.71. The first-order valence-corrected chi connectivity index (χ1v) is 9.39. The standard InChI is InChI=1S/C15H32N2O2S/c1-13(2)10-16-11-14-6-8-17(9-7-14)20(18,19)12-15(3,4)5/h13-14,16H,6-12H2,1-5H3. The van der Waals surface area contributed by atoms with E-state index < -0.39 is 10.0 Å². The van der Waals surface area contributed by atoms with Gasteiger partial charge >= 0.3 is 0 Å². The molecule has 1 aliphatic rings. The molecular formula is C15H32N2O2S. The maximum Gasteiger partial charge on any atom is 0.214 e. The predicted octanol–water partition coefficient (Wildman–Crippen LogP) is 2.32. The fraction of sp³-hybridized carbons (Fsp3) is 1.00. The minimum absolute atomic E-state index is 0.172. The molecule has 1 heterocycles. The van der Waals surface area contributed by atoms with Gasteiger partial charge in [-0.05, 0) is 43.2 Å². The number of sulfonamides is 1. The van der Waals surface area contributed by atoms with Gasteiger partial charge in [0, 0.05) is 13.1 Å². The molecule has 1 saturated heterocycles. The molecule has 20 heavy (non-hydrogen) atoms. The largest absolute Gasteiger partial charge is 0.316 e. The molecule has 0 aromatic rings. The Bertz CT molecular complexity index is 377. The molecule has 1 aliphatic heterocycles. The molecule has 0 spiro atoms. The van der Waals surface area contributed by atoms with E-state index in [2.05, 4.69) is 19.2 Å². The van der Waals surface area contributed by atoms with E-state index >= 15 is 0 Å². The SMILES string of the molecule is CC(C)CNCC1CCN(S(=O)(=O)CC(C)(C)C)CC1. The van der Waals surface area contributed by atoms with Gasteiger partial charge in [-0.25, -0.2) is 12.7 Å². The van der Waals surface area contributed by atoms with E-state index in [1.807, 2.05) is 20.8 Å². The Morgan fingerprint density at radius 2 is 1.75 bits per heavy atom. The summed E-state index contributed by atoms with van der Waals surface area (Å²) in [5.74, 6) is 1.54. The molecule has 0 amide bonds. The van der Waals surface area contributed by atoms with Crippen LogP contribution in [0.25, 0.3) is 0 Å². The summed E-state index contributed by atoms with van der Waals surface area (Å²) in [5.41, 5.74) is -0.172. The molecule has 120 valence electrons. The van der Waals surface area contributed by atoms with Gasteiger partial charge in [0.25, 0.3) is 0 Å². The van der Waals surface area contributed by atoms with E-state index in [-0.39, 0.29) is 11.2 Å². The average Bonchev–Trinajstić information content (AvgIpc) is 2.26. The number of piperidine rings is 1. The van der Waals surface area contributed by atoms with Gasteiger partial charge in [-0.1, -0.05) is 34.6 Å². The normalized spacial score (nSPS) is 19.7. The Labute approximate surface area is 125 Å². The molecule has 0 atom stereocenters. The quantitative estimate of drug-likeness (QED) is 0.819. The van der Waals surface area contributed by atoms with Crippen LogP contribution >= 0.6 is 0 Å². The minimum Gasteiger partial charge on any atom is -0.316 e. The van der Waals surface area contributed by atoms with Crippen molar-refractivity contribution in [1.29, 1.82) is 0 Å². The van der Waals surface area contributed by atoms with Crippen LogP contribution in [-0.4, -0.2) is 44.7 Å². The fourth-order valence-corrected chi connectivity index (χ4v) is 4.65. The third-order valence-electron chi connectivity index (χ3n) is 3.57. The average molecular weight is 305 g/mol. The summed E-state index contributed by atoms with van der Waals surface area (Å²) < 4.78 is 26.3. The highest BCUT2D eigenvalue weighted by atomic mass is 32.2. The van der Waals surface area contributed by atoms with Crippen molar-refractivity contribution in [2.45, 2.75) is 47.5 Å². The number of nitrogens with one attached hydrogen (secondary N) is 1. The van der Waals surface area contributed by atoms with E-state index in [1.54, 1.807) is 4.31 Å². The first-order chi connectivity index (χ1) is 9.10. The van der Waals surface area contributed by atoms with Crippen LogP contribution in [0.5, 0.6) is 0 Å². The van der Waals surface area contributed by atoms with Crippen LogP contribution in [0.1, 0.15) is 47.5 Å². The third-order valence-corrected chi connectivity index (χ3v) is 5.95. The molecule has 0 aromatic carbocycles. The summed E-state index contributed by atoms with van der Waals surface area (Å²) >= 11 is 0. The van der Waals surface area contributed by atoms with Gasteiger partial charge in [0.2, 0.25) is 10.0 Å². The smallest absolute Gasteiger partial charge is 0.214 e. The zero-order chi connectivity index (χ0) is 15.4. The highest BCUT2D eigenvalue weighted by Gasteiger charge is 2.31. The first kappa shape index (κ1) is 17.9. The lowest BCUT2D eigenvalue weighted by atomic mass is 9.98. The topological polar surface area (TPSA) is 49.4 Å². The van der Waals surface area contributed by atoms with Gasteiger partial charge in [-0.3, -0.25) is 0 Å². The van der Waals surface area contributed by atoms with Crippen LogP contribution in [0, 0.1) is 17.3 Å². The van der Waals surface area contributed by atoms with Crippen molar-refractivity contribution in [2.24, 2.45) is 17.3 Å². The first-order valence-electron chi connectivity index (χ1n) is 7.79. The van der Waals surface area contributed by atoms with E-state index in [0.29, 0.717) is 24.9 Å². The number of hydrogen-bond acceptors (Lipinski definition) is 3. The second-order valence-corrected chi connectivity index (χ2v) is 9.68. The van der Waals surface area contributed by atoms with E-state index in [0.717, 1.165) is 25.9 Å². The Morgan fingerprint density at radius 1 is 1.20 bits per heavy atom. The molecule has 0 saturated carbocycles. The summed E-state index contributed by atoms with van der Waals surface area (Å²) in [5, 5.41) is 3.48. The zero-order valence-corrected chi connectivity index (χ0v) is 14.6. The summed E-state index contributed by atoms with van der Waals surface area (Å²) in [7, 11) is -3.09. The predicted molar refractivity (Wildman–Crippen MR) is 85.2 cm³/mol. The van der Waals surface area contributed by atoms with Crippen molar-refractivity contribution in [3.05, 3.63) is 0 Å². The van der Waals surface area contributed by atoms with Gasteiger partial charge in [0.05, 0.1) is 5.75 Å². The monoisotopic (exact) mass is 304 g/mol. The maximum atomic E-state index is 12.3. The van der Waals surface area contributed by atoms with Crippen LogP contribution in [-0.2, 0) is 10.0 Å². The van der Waals surface area contributed by atoms with Crippen LogP contribution in [0.3, 0.4) is 0 Å². The molecule has 0 radical (unpaired) electrons. The molecule has 4 nitrogen and oxygen atoms in total. The molecule has 0 unspecified atom stereocenters.